The number of esters is 1. The number of nitriles is 1. The number of carbonyl (C=O) groups is 1. The molecule has 1 heterocycles. The Labute approximate surface area is 194 Å². The van der Waals surface area contributed by atoms with E-state index in [4.69, 9.17) is 19.4 Å². The first-order valence-corrected chi connectivity index (χ1v) is 11.2. The first kappa shape index (κ1) is 22.8. The van der Waals surface area contributed by atoms with Crippen LogP contribution in [-0.2, 0) is 14.9 Å². The second-order valence-electron chi connectivity index (χ2n) is 7.23. The van der Waals surface area contributed by atoms with Crippen LogP contribution in [0, 0.1) is 17.1 Å². The first-order valence-electron chi connectivity index (χ1n) is 9.83. The molecule has 8 nitrogen and oxygen atoms in total. The van der Waals surface area contributed by atoms with Crippen molar-refractivity contribution in [1.29, 1.82) is 5.26 Å². The van der Waals surface area contributed by atoms with Gasteiger partial charge in [-0.05, 0) is 42.0 Å². The average molecular weight is 480 g/mol. The second kappa shape index (κ2) is 8.88. The topological polar surface area (TPSA) is 129 Å². The number of rotatable bonds is 5. The maximum absolute atomic E-state index is 13.5. The van der Waals surface area contributed by atoms with Crippen molar-refractivity contribution >= 4 is 16.1 Å². The van der Waals surface area contributed by atoms with Crippen molar-refractivity contribution in [3.8, 4) is 17.6 Å². The summed E-state index contributed by atoms with van der Waals surface area (Å²) in [5, 5.41) is 9.68. The number of nitrogens with two attached hydrogens (primary N) is 1. The van der Waals surface area contributed by atoms with E-state index < -0.39 is 27.8 Å². The van der Waals surface area contributed by atoms with Gasteiger partial charge in [0.1, 0.15) is 33.9 Å². The van der Waals surface area contributed by atoms with E-state index in [2.05, 4.69) is 0 Å². The lowest BCUT2D eigenvalue weighted by atomic mass is 9.83. The van der Waals surface area contributed by atoms with Crippen molar-refractivity contribution in [1.82, 2.24) is 0 Å². The molecule has 10 heteroatoms. The Kier molecular flexibility index (Phi) is 5.96. The average Bonchev–Trinajstić information content (AvgIpc) is 2.82. The lowest BCUT2D eigenvalue weighted by Crippen LogP contribution is -2.21. The number of methoxy groups -OCH3 is 1. The molecule has 2 N–H and O–H groups in total. The van der Waals surface area contributed by atoms with Gasteiger partial charge in [-0.2, -0.15) is 13.7 Å². The summed E-state index contributed by atoms with van der Waals surface area (Å²) >= 11 is 0. The number of ether oxygens (including phenoxy) is 2. The van der Waals surface area contributed by atoms with E-state index in [9.17, 15) is 22.9 Å². The summed E-state index contributed by atoms with van der Waals surface area (Å²) in [5.41, 5.74) is 7.65. The molecule has 4 rings (SSSR count). The van der Waals surface area contributed by atoms with Gasteiger partial charge in [-0.15, -0.1) is 0 Å². The summed E-state index contributed by atoms with van der Waals surface area (Å²) in [6, 6.07) is 17.2. The van der Waals surface area contributed by atoms with Crippen LogP contribution in [-0.4, -0.2) is 21.5 Å². The zero-order valence-corrected chi connectivity index (χ0v) is 18.5. The number of halogens is 1. The highest BCUT2D eigenvalue weighted by Gasteiger charge is 2.31. The van der Waals surface area contributed by atoms with Crippen LogP contribution in [0.3, 0.4) is 0 Å². The number of hydrogen-bond acceptors (Lipinski definition) is 8. The molecule has 172 valence electrons. The Morgan fingerprint density at radius 1 is 1.12 bits per heavy atom. The van der Waals surface area contributed by atoms with E-state index in [0.717, 1.165) is 12.1 Å². The van der Waals surface area contributed by atoms with Gasteiger partial charge in [-0.25, -0.2) is 9.18 Å². The van der Waals surface area contributed by atoms with E-state index in [1.54, 1.807) is 30.3 Å². The highest BCUT2D eigenvalue weighted by atomic mass is 32.2. The maximum atomic E-state index is 13.5. The molecule has 1 aliphatic heterocycles. The largest absolute Gasteiger partial charge is 0.465 e. The van der Waals surface area contributed by atoms with Crippen LogP contribution in [0.5, 0.6) is 11.5 Å². The second-order valence-corrected chi connectivity index (χ2v) is 8.78. The van der Waals surface area contributed by atoms with Crippen molar-refractivity contribution in [3.05, 3.63) is 101 Å². The highest BCUT2D eigenvalue weighted by Crippen LogP contribution is 2.43. The summed E-state index contributed by atoms with van der Waals surface area (Å²) in [6.07, 6.45) is 0. The maximum Gasteiger partial charge on any atom is 0.339 e. The van der Waals surface area contributed by atoms with Crippen molar-refractivity contribution in [3.63, 3.8) is 0 Å². The summed E-state index contributed by atoms with van der Waals surface area (Å²) < 4.78 is 54.0. The molecule has 0 saturated heterocycles. The third-order valence-corrected chi connectivity index (χ3v) is 6.39. The molecule has 0 aromatic heterocycles. The Morgan fingerprint density at radius 2 is 1.85 bits per heavy atom. The zero-order chi connectivity index (χ0) is 24.5. The van der Waals surface area contributed by atoms with Crippen molar-refractivity contribution in [2.45, 2.75) is 10.8 Å². The van der Waals surface area contributed by atoms with Gasteiger partial charge in [0.25, 0.3) is 0 Å². The summed E-state index contributed by atoms with van der Waals surface area (Å²) in [4.78, 5) is 11.4. The van der Waals surface area contributed by atoms with Gasteiger partial charge >= 0.3 is 16.1 Å². The van der Waals surface area contributed by atoms with Crippen molar-refractivity contribution < 1.29 is 31.3 Å². The number of allylic oxidation sites excluding steroid dienone is 1. The fraction of sp³-hybridized carbons (Fsp3) is 0.0833. The van der Waals surface area contributed by atoms with Gasteiger partial charge < -0.3 is 19.4 Å². The third kappa shape index (κ3) is 4.29. The molecule has 1 aliphatic rings. The first-order chi connectivity index (χ1) is 16.2. The predicted octanol–water partition coefficient (Wildman–Crippen LogP) is 3.60. The standard InChI is InChI=1S/C24H17FN2O6S/c1-31-24(28)15-7-5-14(6-8-15)22-19-10-9-17(12-21(19)32-23(27)20(22)13-26)33-34(29,30)18-4-2-3-16(25)11-18/h2-12,22H,27H2,1H3. The molecule has 0 radical (unpaired) electrons. The molecule has 34 heavy (non-hydrogen) atoms. The fourth-order valence-electron chi connectivity index (χ4n) is 3.56. The summed E-state index contributed by atoms with van der Waals surface area (Å²) in [6.45, 7) is 0. The highest BCUT2D eigenvalue weighted by molar-refractivity contribution is 7.87. The minimum atomic E-state index is -4.31. The van der Waals surface area contributed by atoms with Crippen molar-refractivity contribution in [2.75, 3.05) is 7.11 Å². The molecular formula is C24H17FN2O6S. The van der Waals surface area contributed by atoms with Crippen LogP contribution >= 0.6 is 0 Å². The quantitative estimate of drug-likeness (QED) is 0.433. The zero-order valence-electron chi connectivity index (χ0n) is 17.7. The van der Waals surface area contributed by atoms with Crippen LogP contribution in [0.2, 0.25) is 0 Å². The number of hydrogen-bond donors (Lipinski definition) is 1. The Balaban J connectivity index is 1.71. The van der Waals surface area contributed by atoms with Crippen LogP contribution in [0.15, 0.2) is 83.1 Å². The van der Waals surface area contributed by atoms with Crippen LogP contribution in [0.4, 0.5) is 4.39 Å². The molecule has 0 spiro atoms. The van der Waals surface area contributed by atoms with Crippen molar-refractivity contribution in [2.24, 2.45) is 5.73 Å². The lowest BCUT2D eigenvalue weighted by molar-refractivity contribution is 0.0600. The molecular weight excluding hydrogens is 463 g/mol. The Hall–Kier alpha value is -4.36. The van der Waals surface area contributed by atoms with Gasteiger partial charge in [0.15, 0.2) is 0 Å². The molecule has 1 unspecified atom stereocenters. The summed E-state index contributed by atoms with van der Waals surface area (Å²) in [7, 11) is -3.03. The summed E-state index contributed by atoms with van der Waals surface area (Å²) in [5.74, 6) is -1.91. The van der Waals surface area contributed by atoms with E-state index in [0.29, 0.717) is 16.7 Å². The molecule has 3 aromatic carbocycles. The smallest absolute Gasteiger partial charge is 0.339 e. The van der Waals surface area contributed by atoms with E-state index in [-0.39, 0.29) is 27.9 Å². The van der Waals surface area contributed by atoms with Gasteiger partial charge in [0.2, 0.25) is 5.88 Å². The van der Waals surface area contributed by atoms with E-state index in [1.165, 1.54) is 31.4 Å². The third-order valence-electron chi connectivity index (χ3n) is 5.15. The van der Waals surface area contributed by atoms with Gasteiger partial charge in [-0.3, -0.25) is 0 Å². The Morgan fingerprint density at radius 3 is 2.50 bits per heavy atom. The monoisotopic (exact) mass is 480 g/mol. The molecule has 0 saturated carbocycles. The van der Waals surface area contributed by atoms with Gasteiger partial charge in [-0.1, -0.05) is 24.3 Å². The number of benzene rings is 3. The molecule has 1 atom stereocenters. The fourth-order valence-corrected chi connectivity index (χ4v) is 4.51. The van der Waals surface area contributed by atoms with Crippen LogP contribution in [0.25, 0.3) is 0 Å². The van der Waals surface area contributed by atoms with Gasteiger partial charge in [0.05, 0.1) is 18.6 Å². The molecule has 0 amide bonds. The van der Waals surface area contributed by atoms with Gasteiger partial charge in [0, 0.05) is 11.6 Å². The van der Waals surface area contributed by atoms with Crippen LogP contribution in [0.1, 0.15) is 27.4 Å². The number of fused-ring (bicyclic) bond motifs is 1. The van der Waals surface area contributed by atoms with E-state index >= 15 is 0 Å². The van der Waals surface area contributed by atoms with E-state index in [1.807, 2.05) is 6.07 Å². The van der Waals surface area contributed by atoms with Crippen LogP contribution < -0.4 is 14.7 Å². The minimum Gasteiger partial charge on any atom is -0.465 e. The number of nitrogens with zero attached hydrogens (tertiary/aromatic N) is 1. The normalized spacial score (nSPS) is 15.0. The molecule has 0 aliphatic carbocycles. The number of carbonyl (C=O) groups excluding carboxylic acids is 1. The molecule has 3 aromatic rings. The predicted molar refractivity (Wildman–Crippen MR) is 118 cm³/mol. The lowest BCUT2D eigenvalue weighted by Gasteiger charge is -2.26. The minimum absolute atomic E-state index is 0.0870. The molecule has 0 bridgehead atoms. The SMILES string of the molecule is COC(=O)c1ccc(C2C(C#N)=C(N)Oc3cc(OS(=O)(=O)c4cccc(F)c4)ccc32)cc1. The molecule has 0 fully saturated rings. The Bertz CT molecular complexity index is 1460.